The monoisotopic (exact) mass is 267 g/mol. The van der Waals surface area contributed by atoms with Crippen LogP contribution >= 0.6 is 11.8 Å². The third-order valence-corrected chi connectivity index (χ3v) is 3.46. The minimum Gasteiger partial charge on any atom is -0.481 e. The van der Waals surface area contributed by atoms with Gasteiger partial charge in [0.1, 0.15) is 0 Å². The van der Waals surface area contributed by atoms with Gasteiger partial charge in [0, 0.05) is 5.56 Å². The number of carboxylic acids is 1. The fourth-order valence-corrected chi connectivity index (χ4v) is 2.39. The van der Waals surface area contributed by atoms with Gasteiger partial charge < -0.3 is 10.4 Å². The Morgan fingerprint density at radius 3 is 2.56 bits per heavy atom. The number of thioether (sulfide) groups is 1. The molecule has 18 heavy (non-hydrogen) atoms. The lowest BCUT2D eigenvalue weighted by Crippen LogP contribution is -2.33. The largest absolute Gasteiger partial charge is 0.481 e. The van der Waals surface area contributed by atoms with Crippen LogP contribution in [0.4, 0.5) is 0 Å². The third-order valence-electron chi connectivity index (χ3n) is 2.29. The zero-order valence-corrected chi connectivity index (χ0v) is 11.1. The second-order valence-corrected chi connectivity index (χ2v) is 5.01. The number of carbonyl (C=O) groups excluding carboxylic acids is 1. The number of rotatable bonds is 7. The maximum atomic E-state index is 11.9. The standard InChI is InChI=1S/C13H17NO3S/c1-2-6-11(18-9-12(15)16)14-13(17)10-7-4-3-5-8-10/h3-5,7-8,11H,2,6,9H2,1H3,(H,14,17)(H,15,16). The maximum Gasteiger partial charge on any atom is 0.313 e. The number of hydrogen-bond acceptors (Lipinski definition) is 3. The number of aliphatic carboxylic acids is 1. The van der Waals surface area contributed by atoms with Gasteiger partial charge in [-0.1, -0.05) is 31.5 Å². The predicted octanol–water partition coefficient (Wildman–Crippen LogP) is 2.36. The van der Waals surface area contributed by atoms with Crippen LogP contribution in [0.25, 0.3) is 0 Å². The molecular weight excluding hydrogens is 250 g/mol. The van der Waals surface area contributed by atoms with E-state index in [1.54, 1.807) is 24.3 Å². The highest BCUT2D eigenvalue weighted by atomic mass is 32.2. The molecule has 4 nitrogen and oxygen atoms in total. The van der Waals surface area contributed by atoms with Crippen LogP contribution in [0.15, 0.2) is 30.3 Å². The first-order valence-corrected chi connectivity index (χ1v) is 6.87. The number of amides is 1. The van der Waals surface area contributed by atoms with E-state index in [1.165, 1.54) is 11.8 Å². The summed E-state index contributed by atoms with van der Waals surface area (Å²) in [4.78, 5) is 22.4. The molecule has 0 saturated carbocycles. The lowest BCUT2D eigenvalue weighted by atomic mass is 10.2. The molecule has 1 aromatic rings. The minimum absolute atomic E-state index is 0.000262. The van der Waals surface area contributed by atoms with Crippen LogP contribution in [-0.4, -0.2) is 28.1 Å². The van der Waals surface area contributed by atoms with Gasteiger partial charge in [-0.05, 0) is 18.6 Å². The number of nitrogens with one attached hydrogen (secondary N) is 1. The van der Waals surface area contributed by atoms with Gasteiger partial charge in [0.2, 0.25) is 0 Å². The Balaban J connectivity index is 2.54. The predicted molar refractivity (Wildman–Crippen MR) is 72.7 cm³/mol. The third kappa shape index (κ3) is 5.23. The van der Waals surface area contributed by atoms with Crippen LogP contribution in [0, 0.1) is 0 Å². The summed E-state index contributed by atoms with van der Waals surface area (Å²) in [6.45, 7) is 2.00. The fraction of sp³-hybridized carbons (Fsp3) is 0.385. The van der Waals surface area contributed by atoms with Crippen molar-refractivity contribution in [2.45, 2.75) is 25.1 Å². The van der Waals surface area contributed by atoms with Crippen molar-refractivity contribution >= 4 is 23.6 Å². The van der Waals surface area contributed by atoms with E-state index in [2.05, 4.69) is 5.32 Å². The van der Waals surface area contributed by atoms with E-state index in [-0.39, 0.29) is 17.0 Å². The molecule has 1 unspecified atom stereocenters. The SMILES string of the molecule is CCCC(NC(=O)c1ccccc1)SCC(=O)O. The van der Waals surface area contributed by atoms with E-state index in [0.29, 0.717) is 5.56 Å². The van der Waals surface area contributed by atoms with Gasteiger partial charge in [0.15, 0.2) is 0 Å². The summed E-state index contributed by atoms with van der Waals surface area (Å²) >= 11 is 1.25. The van der Waals surface area contributed by atoms with Gasteiger partial charge in [0.05, 0.1) is 11.1 Å². The molecule has 1 rings (SSSR count). The van der Waals surface area contributed by atoms with Gasteiger partial charge in [0.25, 0.3) is 5.91 Å². The highest BCUT2D eigenvalue weighted by Crippen LogP contribution is 2.14. The molecule has 1 atom stereocenters. The second kappa shape index (κ2) is 7.76. The maximum absolute atomic E-state index is 11.9. The molecular formula is C13H17NO3S. The first kappa shape index (κ1) is 14.6. The Morgan fingerprint density at radius 2 is 2.00 bits per heavy atom. The number of hydrogen-bond donors (Lipinski definition) is 2. The summed E-state index contributed by atoms with van der Waals surface area (Å²) < 4.78 is 0. The Hall–Kier alpha value is -1.49. The quantitative estimate of drug-likeness (QED) is 0.744. The number of benzene rings is 1. The molecule has 0 spiro atoms. The average Bonchev–Trinajstić information content (AvgIpc) is 2.37. The van der Waals surface area contributed by atoms with Crippen molar-refractivity contribution in [3.8, 4) is 0 Å². The molecule has 0 heterocycles. The van der Waals surface area contributed by atoms with Crippen molar-refractivity contribution in [3.05, 3.63) is 35.9 Å². The van der Waals surface area contributed by atoms with Crippen LogP contribution in [0.1, 0.15) is 30.1 Å². The summed E-state index contributed by atoms with van der Waals surface area (Å²) in [6.07, 6.45) is 1.66. The smallest absolute Gasteiger partial charge is 0.313 e. The molecule has 5 heteroatoms. The van der Waals surface area contributed by atoms with Gasteiger partial charge in [-0.2, -0.15) is 0 Å². The molecule has 0 bridgehead atoms. The average molecular weight is 267 g/mol. The van der Waals surface area contributed by atoms with Gasteiger partial charge >= 0.3 is 5.97 Å². The molecule has 98 valence electrons. The second-order valence-electron chi connectivity index (χ2n) is 3.82. The molecule has 0 radical (unpaired) electrons. The van der Waals surface area contributed by atoms with E-state index in [1.807, 2.05) is 13.0 Å². The van der Waals surface area contributed by atoms with Crippen LogP contribution in [0.5, 0.6) is 0 Å². The van der Waals surface area contributed by atoms with Crippen molar-refractivity contribution in [1.29, 1.82) is 0 Å². The fourth-order valence-electron chi connectivity index (χ4n) is 1.45. The summed E-state index contributed by atoms with van der Waals surface area (Å²) in [6, 6.07) is 8.92. The Bertz CT molecular complexity index is 394. The van der Waals surface area contributed by atoms with Crippen molar-refractivity contribution in [3.63, 3.8) is 0 Å². The van der Waals surface area contributed by atoms with Crippen LogP contribution in [-0.2, 0) is 4.79 Å². The molecule has 0 aliphatic heterocycles. The Morgan fingerprint density at radius 1 is 1.33 bits per heavy atom. The number of carboxylic acid groups (broad SMARTS) is 1. The van der Waals surface area contributed by atoms with Gasteiger partial charge in [-0.3, -0.25) is 9.59 Å². The van der Waals surface area contributed by atoms with Crippen LogP contribution < -0.4 is 5.32 Å². The van der Waals surface area contributed by atoms with E-state index in [0.717, 1.165) is 12.8 Å². The molecule has 0 saturated heterocycles. The van der Waals surface area contributed by atoms with Gasteiger partial charge in [-0.15, -0.1) is 11.8 Å². The molecule has 0 aliphatic rings. The molecule has 1 amide bonds. The van der Waals surface area contributed by atoms with E-state index in [4.69, 9.17) is 5.11 Å². The highest BCUT2D eigenvalue weighted by Gasteiger charge is 2.14. The lowest BCUT2D eigenvalue weighted by Gasteiger charge is -2.16. The Kier molecular flexibility index (Phi) is 6.28. The van der Waals surface area contributed by atoms with Crippen molar-refractivity contribution in [1.82, 2.24) is 5.32 Å². The minimum atomic E-state index is -0.866. The lowest BCUT2D eigenvalue weighted by molar-refractivity contribution is -0.133. The molecule has 2 N–H and O–H groups in total. The highest BCUT2D eigenvalue weighted by molar-refractivity contribution is 8.00. The zero-order chi connectivity index (χ0) is 13.4. The molecule has 0 fully saturated rings. The zero-order valence-electron chi connectivity index (χ0n) is 10.3. The molecule has 0 aliphatic carbocycles. The number of carbonyl (C=O) groups is 2. The van der Waals surface area contributed by atoms with E-state index < -0.39 is 5.97 Å². The van der Waals surface area contributed by atoms with Crippen molar-refractivity contribution < 1.29 is 14.7 Å². The van der Waals surface area contributed by atoms with E-state index >= 15 is 0 Å². The van der Waals surface area contributed by atoms with Gasteiger partial charge in [-0.25, -0.2) is 0 Å². The van der Waals surface area contributed by atoms with Crippen molar-refractivity contribution in [2.24, 2.45) is 0 Å². The first-order chi connectivity index (χ1) is 8.63. The topological polar surface area (TPSA) is 66.4 Å². The van der Waals surface area contributed by atoms with Crippen molar-refractivity contribution in [2.75, 3.05) is 5.75 Å². The normalized spacial score (nSPS) is 11.8. The molecule has 1 aromatic carbocycles. The summed E-state index contributed by atoms with van der Waals surface area (Å²) in [5.74, 6) is -1.03. The first-order valence-electron chi connectivity index (χ1n) is 5.82. The summed E-state index contributed by atoms with van der Waals surface area (Å²) in [5, 5.41) is 11.3. The molecule has 0 aromatic heterocycles. The summed E-state index contributed by atoms with van der Waals surface area (Å²) in [7, 11) is 0. The van der Waals surface area contributed by atoms with Crippen LogP contribution in [0.3, 0.4) is 0 Å². The Labute approximate surface area is 111 Å². The van der Waals surface area contributed by atoms with E-state index in [9.17, 15) is 9.59 Å². The summed E-state index contributed by atoms with van der Waals surface area (Å²) in [5.41, 5.74) is 0.592. The van der Waals surface area contributed by atoms with Crippen LogP contribution in [0.2, 0.25) is 0 Å².